The monoisotopic (exact) mass is 458 g/mol. The quantitative estimate of drug-likeness (QED) is 0.518. The van der Waals surface area contributed by atoms with Crippen LogP contribution in [0.5, 0.6) is 0 Å². The smallest absolute Gasteiger partial charge is 0.335 e. The first kappa shape index (κ1) is 21.8. The molecule has 4 saturated carbocycles. The fourth-order valence-electron chi connectivity index (χ4n) is 9.10. The van der Waals surface area contributed by atoms with Crippen LogP contribution in [0.15, 0.2) is 27.6 Å². The van der Waals surface area contributed by atoms with E-state index in [1.807, 2.05) is 0 Å². The molecule has 1 aliphatic heterocycles. The largest absolute Gasteiger partial charge is 0.459 e. The van der Waals surface area contributed by atoms with Crippen molar-refractivity contribution in [3.8, 4) is 0 Å². The van der Waals surface area contributed by atoms with Crippen LogP contribution in [-0.4, -0.2) is 45.7 Å². The van der Waals surface area contributed by atoms with Crippen LogP contribution in [0.4, 0.5) is 0 Å². The Balaban J connectivity index is 1.42. The topological polar surface area (TPSA) is 110 Å². The zero-order valence-corrected chi connectivity index (χ0v) is 19.6. The molecule has 2 heterocycles. The number of aliphatic hydroxyl groups excluding tert-OH is 1. The number of carbonyl (C=O) groups excluding carboxylic acids is 1. The third-order valence-electron chi connectivity index (χ3n) is 10.6. The van der Waals surface area contributed by atoms with Gasteiger partial charge in [0.25, 0.3) is 0 Å². The van der Waals surface area contributed by atoms with Crippen molar-refractivity contribution in [1.29, 1.82) is 0 Å². The summed E-state index contributed by atoms with van der Waals surface area (Å²) in [7, 11) is 0. The molecule has 1 spiro atoms. The molecule has 5 fully saturated rings. The maximum atomic E-state index is 12.1. The van der Waals surface area contributed by atoms with Crippen LogP contribution in [0.3, 0.4) is 0 Å². The fourth-order valence-corrected chi connectivity index (χ4v) is 9.10. The Morgan fingerprint density at radius 1 is 1.09 bits per heavy atom. The SMILES string of the molecule is CC(=O)O[C@H]1[C@H]2O[C@]23[C@@H]2CCC4(O)C[C@@H](O)CCC4(C)C2CCC3(C)[C@H]1c1ccc(=O)oc1. The Bertz CT molecular complexity index is 1030. The second-order valence-electron chi connectivity index (χ2n) is 11.8. The van der Waals surface area contributed by atoms with E-state index in [1.54, 1.807) is 6.07 Å². The number of hydrogen-bond acceptors (Lipinski definition) is 7. The lowest BCUT2D eigenvalue weighted by atomic mass is 9.42. The van der Waals surface area contributed by atoms with E-state index < -0.39 is 29.0 Å². The first-order valence-electron chi connectivity index (χ1n) is 12.4. The molecule has 1 aromatic heterocycles. The van der Waals surface area contributed by atoms with Crippen LogP contribution in [0.25, 0.3) is 0 Å². The number of hydrogen-bond donors (Lipinski definition) is 2. The molecule has 1 aromatic rings. The van der Waals surface area contributed by atoms with Gasteiger partial charge in [0, 0.05) is 30.7 Å². The van der Waals surface area contributed by atoms with Crippen LogP contribution in [0.2, 0.25) is 0 Å². The molecule has 7 nitrogen and oxygen atoms in total. The van der Waals surface area contributed by atoms with Crippen molar-refractivity contribution < 1.29 is 28.9 Å². The summed E-state index contributed by atoms with van der Waals surface area (Å²) in [5.74, 6) is 0.0816. The summed E-state index contributed by atoms with van der Waals surface area (Å²) in [5, 5.41) is 22.0. The van der Waals surface area contributed by atoms with Gasteiger partial charge in [0.05, 0.1) is 18.0 Å². The average molecular weight is 459 g/mol. The van der Waals surface area contributed by atoms with Gasteiger partial charge in [-0.3, -0.25) is 4.79 Å². The minimum Gasteiger partial charge on any atom is -0.459 e. The van der Waals surface area contributed by atoms with E-state index in [0.717, 1.165) is 37.7 Å². The van der Waals surface area contributed by atoms with Crippen molar-refractivity contribution in [2.24, 2.45) is 22.7 Å². The predicted molar refractivity (Wildman–Crippen MR) is 117 cm³/mol. The van der Waals surface area contributed by atoms with Gasteiger partial charge in [-0.15, -0.1) is 0 Å². The van der Waals surface area contributed by atoms with E-state index >= 15 is 0 Å². The van der Waals surface area contributed by atoms with Crippen LogP contribution >= 0.6 is 0 Å². The van der Waals surface area contributed by atoms with Gasteiger partial charge in [0.1, 0.15) is 17.8 Å². The van der Waals surface area contributed by atoms with Crippen LogP contribution in [0.1, 0.15) is 77.2 Å². The summed E-state index contributed by atoms with van der Waals surface area (Å²) in [4.78, 5) is 23.7. The zero-order chi connectivity index (χ0) is 23.4. The molecule has 0 aromatic carbocycles. The van der Waals surface area contributed by atoms with Gasteiger partial charge >= 0.3 is 11.6 Å². The summed E-state index contributed by atoms with van der Waals surface area (Å²) in [6.45, 7) is 5.89. The number of aliphatic hydroxyl groups is 2. The summed E-state index contributed by atoms with van der Waals surface area (Å²) >= 11 is 0. The van der Waals surface area contributed by atoms with Crippen molar-refractivity contribution in [3.05, 3.63) is 34.4 Å². The van der Waals surface area contributed by atoms with Crippen molar-refractivity contribution in [2.45, 2.75) is 101 Å². The normalized spacial score (nSPS) is 52.2. The van der Waals surface area contributed by atoms with Gasteiger partial charge in [0.15, 0.2) is 0 Å². The Hall–Kier alpha value is -1.70. The van der Waals surface area contributed by atoms with Gasteiger partial charge in [-0.2, -0.15) is 0 Å². The second-order valence-corrected chi connectivity index (χ2v) is 11.8. The summed E-state index contributed by atoms with van der Waals surface area (Å²) in [6, 6.07) is 3.23. The third-order valence-corrected chi connectivity index (χ3v) is 10.6. The van der Waals surface area contributed by atoms with Crippen LogP contribution in [0, 0.1) is 22.7 Å². The first-order chi connectivity index (χ1) is 15.6. The number of carbonyl (C=O) groups is 1. The summed E-state index contributed by atoms with van der Waals surface area (Å²) < 4.78 is 17.7. The highest BCUT2D eigenvalue weighted by molar-refractivity contribution is 5.66. The molecule has 10 atom stereocenters. The van der Waals surface area contributed by atoms with Crippen molar-refractivity contribution in [3.63, 3.8) is 0 Å². The van der Waals surface area contributed by atoms with Gasteiger partial charge in [-0.05, 0) is 67.4 Å². The first-order valence-corrected chi connectivity index (χ1v) is 12.4. The van der Waals surface area contributed by atoms with E-state index in [2.05, 4.69) is 13.8 Å². The molecule has 4 unspecified atom stereocenters. The van der Waals surface area contributed by atoms with E-state index in [-0.39, 0.29) is 40.7 Å². The maximum absolute atomic E-state index is 12.1. The predicted octanol–water partition coefficient (Wildman–Crippen LogP) is 2.91. The molecule has 0 bridgehead atoms. The molecule has 1 saturated heterocycles. The Morgan fingerprint density at radius 2 is 1.82 bits per heavy atom. The van der Waals surface area contributed by atoms with Crippen molar-refractivity contribution >= 4 is 5.97 Å². The number of esters is 1. The lowest BCUT2D eigenvalue weighted by Gasteiger charge is -2.63. The van der Waals surface area contributed by atoms with E-state index in [4.69, 9.17) is 13.9 Å². The van der Waals surface area contributed by atoms with E-state index in [9.17, 15) is 19.8 Å². The summed E-state index contributed by atoms with van der Waals surface area (Å²) in [5.41, 5.74) is -1.34. The Morgan fingerprint density at radius 3 is 2.52 bits per heavy atom. The minimum atomic E-state index is -0.850. The van der Waals surface area contributed by atoms with E-state index in [1.165, 1.54) is 19.3 Å². The number of fused-ring (bicyclic) bond motifs is 3. The third kappa shape index (κ3) is 2.62. The van der Waals surface area contributed by atoms with Crippen LogP contribution < -0.4 is 5.63 Å². The Labute approximate surface area is 193 Å². The number of ether oxygens (including phenoxy) is 2. The highest BCUT2D eigenvalue weighted by Gasteiger charge is 2.85. The molecule has 7 heteroatoms. The summed E-state index contributed by atoms with van der Waals surface area (Å²) in [6.07, 6.45) is 5.74. The zero-order valence-electron chi connectivity index (χ0n) is 19.6. The lowest BCUT2D eigenvalue weighted by molar-refractivity contribution is -0.224. The highest BCUT2D eigenvalue weighted by atomic mass is 16.7. The van der Waals surface area contributed by atoms with E-state index in [0.29, 0.717) is 12.8 Å². The molecule has 2 N–H and O–H groups in total. The molecule has 33 heavy (non-hydrogen) atoms. The molecule has 0 amide bonds. The molecular weight excluding hydrogens is 424 g/mol. The van der Waals surface area contributed by atoms with Gasteiger partial charge in [0.2, 0.25) is 0 Å². The molecule has 0 radical (unpaired) electrons. The Kier molecular flexibility index (Phi) is 4.43. The van der Waals surface area contributed by atoms with Crippen molar-refractivity contribution in [2.75, 3.05) is 0 Å². The van der Waals surface area contributed by atoms with Crippen molar-refractivity contribution in [1.82, 2.24) is 0 Å². The van der Waals surface area contributed by atoms with Gasteiger partial charge in [-0.25, -0.2) is 4.79 Å². The van der Waals surface area contributed by atoms with Gasteiger partial charge < -0.3 is 24.1 Å². The number of epoxide rings is 1. The molecule has 4 aliphatic carbocycles. The second kappa shape index (κ2) is 6.70. The average Bonchev–Trinajstić information content (AvgIpc) is 3.45. The molecule has 180 valence electrons. The van der Waals surface area contributed by atoms with Gasteiger partial charge in [-0.1, -0.05) is 13.8 Å². The molecule has 6 rings (SSSR count). The maximum Gasteiger partial charge on any atom is 0.335 e. The highest BCUT2D eigenvalue weighted by Crippen LogP contribution is 2.78. The number of rotatable bonds is 2. The molecule has 5 aliphatic rings. The molecular formula is C26H34O7. The lowest BCUT2D eigenvalue weighted by Crippen LogP contribution is -2.65. The standard InChI is InChI=1S/C26H34O7/c1-14(27)32-21-20(15-4-5-19(29)31-13-15)24(3)10-7-17-18(26(24)22(21)33-26)8-11-25(30)12-16(28)6-9-23(17,25)2/h4-5,13,16-18,20-22,28,30H,6-12H2,1-3H3/t16-,17?,18+,20-,21+,22+,23?,24?,25?,26+/m0/s1. The fraction of sp³-hybridized carbons (Fsp3) is 0.769. The van der Waals surface area contributed by atoms with Crippen LogP contribution in [-0.2, 0) is 14.3 Å². The minimum absolute atomic E-state index is 0.118.